The number of hydrazine groups is 1. The van der Waals surface area contributed by atoms with Gasteiger partial charge in [0.25, 0.3) is 11.6 Å². The van der Waals surface area contributed by atoms with Gasteiger partial charge in [-0.3, -0.25) is 20.8 Å². The molecular formula is C12H11N5O3. The number of rotatable bonds is 4. The van der Waals surface area contributed by atoms with Crippen molar-refractivity contribution in [1.82, 2.24) is 4.98 Å². The number of carbonyl (C=O) groups excluding carboxylic acids is 1. The van der Waals surface area contributed by atoms with Crippen LogP contribution in [0.25, 0.3) is 0 Å². The van der Waals surface area contributed by atoms with Gasteiger partial charge >= 0.3 is 0 Å². The normalized spacial score (nSPS) is 9.85. The van der Waals surface area contributed by atoms with Crippen molar-refractivity contribution in [1.29, 1.82) is 0 Å². The maximum absolute atomic E-state index is 12.1. The van der Waals surface area contributed by atoms with Gasteiger partial charge in [0.1, 0.15) is 5.82 Å². The summed E-state index contributed by atoms with van der Waals surface area (Å²) in [6, 6.07) is 8.78. The highest BCUT2D eigenvalue weighted by atomic mass is 16.6. The second-order valence-electron chi connectivity index (χ2n) is 3.80. The van der Waals surface area contributed by atoms with Gasteiger partial charge in [0.05, 0.1) is 16.2 Å². The number of nitrogens with one attached hydrogen (secondary N) is 2. The number of non-ortho nitro benzene ring substituents is 1. The monoisotopic (exact) mass is 273 g/mol. The molecule has 20 heavy (non-hydrogen) atoms. The first-order valence-corrected chi connectivity index (χ1v) is 5.59. The van der Waals surface area contributed by atoms with Crippen molar-refractivity contribution in [3.05, 3.63) is 58.3 Å². The molecule has 0 saturated carbocycles. The minimum absolute atomic E-state index is 0.0624. The molecule has 0 unspecified atom stereocenters. The summed E-state index contributed by atoms with van der Waals surface area (Å²) < 4.78 is 0. The first-order valence-electron chi connectivity index (χ1n) is 5.59. The number of benzene rings is 1. The molecule has 8 nitrogen and oxygen atoms in total. The Hall–Kier alpha value is -3.00. The van der Waals surface area contributed by atoms with Gasteiger partial charge in [-0.2, -0.15) is 0 Å². The van der Waals surface area contributed by atoms with E-state index >= 15 is 0 Å². The predicted molar refractivity (Wildman–Crippen MR) is 73.1 cm³/mol. The number of nitro groups is 1. The van der Waals surface area contributed by atoms with E-state index in [2.05, 4.69) is 15.7 Å². The summed E-state index contributed by atoms with van der Waals surface area (Å²) in [6.07, 6.45) is 1.52. The van der Waals surface area contributed by atoms with Crippen LogP contribution < -0.4 is 16.6 Å². The van der Waals surface area contributed by atoms with Crippen molar-refractivity contribution in [2.45, 2.75) is 0 Å². The second-order valence-corrected chi connectivity index (χ2v) is 3.80. The Morgan fingerprint density at radius 3 is 2.70 bits per heavy atom. The molecule has 0 aliphatic carbocycles. The third-order valence-electron chi connectivity index (χ3n) is 2.52. The van der Waals surface area contributed by atoms with Gasteiger partial charge in [-0.05, 0) is 18.2 Å². The van der Waals surface area contributed by atoms with E-state index in [0.717, 1.165) is 6.07 Å². The number of hydrogen-bond donors (Lipinski definition) is 3. The van der Waals surface area contributed by atoms with Crippen molar-refractivity contribution < 1.29 is 9.72 Å². The minimum atomic E-state index is -0.585. The number of aromatic nitrogens is 1. The molecule has 0 aliphatic heterocycles. The molecule has 0 spiro atoms. The topological polar surface area (TPSA) is 123 Å². The number of nitrogen functional groups attached to an aromatic ring is 1. The number of amides is 1. The van der Waals surface area contributed by atoms with Crippen molar-refractivity contribution in [2.24, 2.45) is 5.84 Å². The zero-order valence-corrected chi connectivity index (χ0v) is 10.2. The number of nitrogens with two attached hydrogens (primary N) is 1. The average molecular weight is 273 g/mol. The van der Waals surface area contributed by atoms with E-state index in [0.29, 0.717) is 5.82 Å². The zero-order valence-electron chi connectivity index (χ0n) is 10.2. The number of hydrogen-bond acceptors (Lipinski definition) is 6. The lowest BCUT2D eigenvalue weighted by Gasteiger charge is -2.09. The smallest absolute Gasteiger partial charge is 0.270 e. The van der Waals surface area contributed by atoms with Gasteiger partial charge in [0.2, 0.25) is 0 Å². The van der Waals surface area contributed by atoms with Crippen molar-refractivity contribution in [3.63, 3.8) is 0 Å². The fraction of sp³-hybridized carbons (Fsp3) is 0. The molecular weight excluding hydrogens is 262 g/mol. The van der Waals surface area contributed by atoms with Gasteiger partial charge < -0.3 is 10.7 Å². The van der Waals surface area contributed by atoms with Crippen molar-refractivity contribution in [2.75, 3.05) is 10.7 Å². The number of anilines is 2. The predicted octanol–water partition coefficient (Wildman–Crippen LogP) is 1.53. The number of nitro benzene ring substituents is 1. The highest BCUT2D eigenvalue weighted by Gasteiger charge is 2.16. The van der Waals surface area contributed by atoms with E-state index < -0.39 is 10.8 Å². The van der Waals surface area contributed by atoms with Crippen LogP contribution in [-0.2, 0) is 0 Å². The summed E-state index contributed by atoms with van der Waals surface area (Å²) in [4.78, 5) is 26.2. The Kier molecular flexibility index (Phi) is 3.87. The van der Waals surface area contributed by atoms with Crippen LogP contribution in [0, 0.1) is 10.1 Å². The standard InChI is InChI=1S/C12H11N5O3/c13-16-10-5-4-8(17(19)20)7-9(10)12(18)15-11-3-1-2-6-14-11/h1-7,16H,13H2,(H,14,15,18). The molecule has 102 valence electrons. The van der Waals surface area contributed by atoms with Gasteiger partial charge in [0, 0.05) is 18.3 Å². The molecule has 4 N–H and O–H groups in total. The van der Waals surface area contributed by atoms with E-state index in [4.69, 9.17) is 5.84 Å². The second kappa shape index (κ2) is 5.76. The molecule has 0 radical (unpaired) electrons. The molecule has 0 atom stereocenters. The lowest BCUT2D eigenvalue weighted by Crippen LogP contribution is -2.18. The van der Waals surface area contributed by atoms with Crippen LogP contribution in [0.3, 0.4) is 0 Å². The summed E-state index contributed by atoms with van der Waals surface area (Å²) in [5, 5.41) is 13.3. The molecule has 1 amide bonds. The fourth-order valence-corrected chi connectivity index (χ4v) is 1.58. The van der Waals surface area contributed by atoms with E-state index in [1.54, 1.807) is 18.2 Å². The molecule has 1 aromatic carbocycles. The van der Waals surface area contributed by atoms with E-state index in [1.165, 1.54) is 18.3 Å². The Labute approximate surface area is 113 Å². The van der Waals surface area contributed by atoms with Gasteiger partial charge in [-0.1, -0.05) is 6.07 Å². The van der Waals surface area contributed by atoms with Gasteiger partial charge in [-0.15, -0.1) is 0 Å². The Bertz CT molecular complexity index is 645. The summed E-state index contributed by atoms with van der Waals surface area (Å²) >= 11 is 0. The van der Waals surface area contributed by atoms with Crippen LogP contribution >= 0.6 is 0 Å². The highest BCUT2D eigenvalue weighted by molar-refractivity contribution is 6.08. The van der Waals surface area contributed by atoms with Crippen LogP contribution in [0.5, 0.6) is 0 Å². The van der Waals surface area contributed by atoms with E-state index in [9.17, 15) is 14.9 Å². The summed E-state index contributed by atoms with van der Waals surface area (Å²) in [5.74, 6) is 5.09. The van der Waals surface area contributed by atoms with Crippen LogP contribution in [0.15, 0.2) is 42.6 Å². The molecule has 1 heterocycles. The van der Waals surface area contributed by atoms with E-state index in [-0.39, 0.29) is 16.9 Å². The molecule has 0 aliphatic rings. The molecule has 2 aromatic rings. The van der Waals surface area contributed by atoms with Gasteiger partial charge in [0.15, 0.2) is 0 Å². The molecule has 1 aromatic heterocycles. The van der Waals surface area contributed by atoms with Gasteiger partial charge in [-0.25, -0.2) is 4.98 Å². The average Bonchev–Trinajstić information content (AvgIpc) is 2.47. The lowest BCUT2D eigenvalue weighted by molar-refractivity contribution is -0.384. The fourth-order valence-electron chi connectivity index (χ4n) is 1.58. The number of carbonyl (C=O) groups is 1. The van der Waals surface area contributed by atoms with Crippen molar-refractivity contribution >= 4 is 23.1 Å². The Morgan fingerprint density at radius 2 is 2.10 bits per heavy atom. The molecule has 0 saturated heterocycles. The molecule has 8 heteroatoms. The quantitative estimate of drug-likeness (QED) is 0.441. The Morgan fingerprint density at radius 1 is 1.30 bits per heavy atom. The summed E-state index contributed by atoms with van der Waals surface area (Å²) in [7, 11) is 0. The lowest BCUT2D eigenvalue weighted by atomic mass is 10.1. The maximum Gasteiger partial charge on any atom is 0.270 e. The maximum atomic E-state index is 12.1. The first-order chi connectivity index (χ1) is 9.61. The number of pyridine rings is 1. The van der Waals surface area contributed by atoms with Crippen LogP contribution in [0.2, 0.25) is 0 Å². The van der Waals surface area contributed by atoms with Crippen molar-refractivity contribution in [3.8, 4) is 0 Å². The molecule has 0 bridgehead atoms. The summed E-state index contributed by atoms with van der Waals surface area (Å²) in [6.45, 7) is 0. The van der Waals surface area contributed by atoms with Crippen LogP contribution in [0.1, 0.15) is 10.4 Å². The third kappa shape index (κ3) is 2.87. The minimum Gasteiger partial charge on any atom is -0.323 e. The third-order valence-corrected chi connectivity index (χ3v) is 2.52. The van der Waals surface area contributed by atoms with E-state index in [1.807, 2.05) is 0 Å². The highest BCUT2D eigenvalue weighted by Crippen LogP contribution is 2.22. The first kappa shape index (κ1) is 13.4. The zero-order chi connectivity index (χ0) is 14.5. The summed E-state index contributed by atoms with van der Waals surface area (Å²) in [5.41, 5.74) is 2.47. The number of nitrogens with zero attached hydrogens (tertiary/aromatic N) is 2. The SMILES string of the molecule is NNc1ccc([N+](=O)[O-])cc1C(=O)Nc1ccccn1. The largest absolute Gasteiger partial charge is 0.323 e. The Balaban J connectivity index is 2.32. The molecule has 0 fully saturated rings. The van der Waals surface area contributed by atoms with Crippen LogP contribution in [0.4, 0.5) is 17.2 Å². The van der Waals surface area contributed by atoms with Crippen LogP contribution in [-0.4, -0.2) is 15.8 Å². The molecule has 2 rings (SSSR count).